The molecule has 0 spiro atoms. The summed E-state index contributed by atoms with van der Waals surface area (Å²) in [4.78, 5) is 52.0. The number of hydrogen-bond acceptors (Lipinski definition) is 5. The van der Waals surface area contributed by atoms with Gasteiger partial charge >= 0.3 is 0 Å². The Bertz CT molecular complexity index is 663. The molecule has 0 bridgehead atoms. The maximum atomic E-state index is 12.4. The number of carbonyl (C=O) groups excluding carboxylic acids is 4. The third-order valence-corrected chi connectivity index (χ3v) is 3.88. The van der Waals surface area contributed by atoms with Gasteiger partial charge in [0.1, 0.15) is 6.04 Å². The molecular weight excluding hydrogens is 352 g/mol. The lowest BCUT2D eigenvalue weighted by Crippen LogP contribution is -2.49. The third-order valence-electron chi connectivity index (χ3n) is 3.88. The average Bonchev–Trinajstić information content (AvgIpc) is 2.59. The predicted molar refractivity (Wildman–Crippen MR) is 97.3 cm³/mol. The van der Waals surface area contributed by atoms with E-state index in [1.165, 1.54) is 0 Å². The molecule has 0 fully saturated rings. The molecule has 9 nitrogen and oxygen atoms in total. The van der Waals surface area contributed by atoms with E-state index in [9.17, 15) is 19.2 Å². The van der Waals surface area contributed by atoms with Crippen LogP contribution < -0.4 is 22.3 Å². The van der Waals surface area contributed by atoms with Crippen LogP contribution in [0.1, 0.15) is 32.3 Å². The van der Waals surface area contributed by atoms with E-state index in [1.807, 2.05) is 30.3 Å². The van der Waals surface area contributed by atoms with Crippen molar-refractivity contribution >= 4 is 23.6 Å². The van der Waals surface area contributed by atoms with Crippen molar-refractivity contribution in [2.24, 2.45) is 23.3 Å². The molecule has 0 aliphatic carbocycles. The highest BCUT2D eigenvalue weighted by molar-refractivity contribution is 5.92. The van der Waals surface area contributed by atoms with Crippen LogP contribution in [0.25, 0.3) is 0 Å². The Balaban J connectivity index is 2.58. The van der Waals surface area contributed by atoms with Gasteiger partial charge in [-0.2, -0.15) is 0 Å². The molecular formula is C18H26N4O5. The fraction of sp³-hybridized carbons (Fsp3) is 0.444. The Kier molecular flexibility index (Phi) is 8.94. The van der Waals surface area contributed by atoms with E-state index in [1.54, 1.807) is 13.8 Å². The molecule has 9 heteroatoms. The van der Waals surface area contributed by atoms with Gasteiger partial charge in [0.05, 0.1) is 13.0 Å². The van der Waals surface area contributed by atoms with Crippen LogP contribution in [0.5, 0.6) is 0 Å². The predicted octanol–water partition coefficient (Wildman–Crippen LogP) is -0.258. The maximum Gasteiger partial charge on any atom is 0.244 e. The van der Waals surface area contributed by atoms with Gasteiger partial charge in [0.25, 0.3) is 0 Å². The Morgan fingerprint density at radius 1 is 1.04 bits per heavy atom. The second-order valence-electron chi connectivity index (χ2n) is 6.49. The van der Waals surface area contributed by atoms with Crippen LogP contribution in [0, 0.1) is 11.8 Å². The van der Waals surface area contributed by atoms with Gasteiger partial charge in [0, 0.05) is 12.3 Å². The van der Waals surface area contributed by atoms with Crippen LogP contribution in [0.3, 0.4) is 0 Å². The standard InChI is InChI=1S/C18H26N4O5/c1-11(2)13(18(26)21-14(17(20)25)9-15(19)23)8-16(24)22-27-10-12-6-4-3-5-7-12/h3-7,11,13-14H,8-10H2,1-2H3,(H2,19,23)(H2,20,25)(H,21,26)(H,22,24). The van der Waals surface area contributed by atoms with E-state index < -0.39 is 42.0 Å². The van der Waals surface area contributed by atoms with Gasteiger partial charge in [0.15, 0.2) is 0 Å². The number of carbonyl (C=O) groups is 4. The van der Waals surface area contributed by atoms with Crippen molar-refractivity contribution in [2.45, 2.75) is 39.3 Å². The molecule has 2 atom stereocenters. The summed E-state index contributed by atoms with van der Waals surface area (Å²) in [6, 6.07) is 8.04. The van der Waals surface area contributed by atoms with Crippen molar-refractivity contribution < 1.29 is 24.0 Å². The number of primary amides is 2. The zero-order valence-corrected chi connectivity index (χ0v) is 15.4. The van der Waals surface area contributed by atoms with E-state index in [4.69, 9.17) is 16.3 Å². The molecule has 1 aromatic carbocycles. The highest BCUT2D eigenvalue weighted by atomic mass is 16.6. The zero-order chi connectivity index (χ0) is 20.4. The van der Waals surface area contributed by atoms with Crippen molar-refractivity contribution in [3.8, 4) is 0 Å². The van der Waals surface area contributed by atoms with Crippen LogP contribution in [0.2, 0.25) is 0 Å². The fourth-order valence-corrected chi connectivity index (χ4v) is 2.35. The van der Waals surface area contributed by atoms with Gasteiger partial charge < -0.3 is 16.8 Å². The first-order valence-electron chi connectivity index (χ1n) is 8.53. The summed E-state index contributed by atoms with van der Waals surface area (Å²) < 4.78 is 0. The molecule has 2 unspecified atom stereocenters. The molecule has 0 aromatic heterocycles. The molecule has 0 saturated carbocycles. The zero-order valence-electron chi connectivity index (χ0n) is 15.4. The molecule has 0 aliphatic heterocycles. The molecule has 148 valence electrons. The Hall–Kier alpha value is -2.94. The number of amides is 4. The SMILES string of the molecule is CC(C)C(CC(=O)NOCc1ccccc1)C(=O)NC(CC(N)=O)C(N)=O. The van der Waals surface area contributed by atoms with E-state index in [-0.39, 0.29) is 18.9 Å². The molecule has 4 amide bonds. The van der Waals surface area contributed by atoms with Gasteiger partial charge in [-0.1, -0.05) is 44.2 Å². The van der Waals surface area contributed by atoms with Crippen LogP contribution >= 0.6 is 0 Å². The normalized spacial score (nSPS) is 12.9. The van der Waals surface area contributed by atoms with Crippen molar-refractivity contribution in [1.29, 1.82) is 0 Å². The second-order valence-corrected chi connectivity index (χ2v) is 6.49. The van der Waals surface area contributed by atoms with Gasteiger partial charge in [-0.25, -0.2) is 5.48 Å². The van der Waals surface area contributed by atoms with Crippen molar-refractivity contribution in [3.63, 3.8) is 0 Å². The number of nitrogens with one attached hydrogen (secondary N) is 2. The van der Waals surface area contributed by atoms with Crippen LogP contribution in [-0.2, 0) is 30.6 Å². The minimum atomic E-state index is -1.21. The molecule has 27 heavy (non-hydrogen) atoms. The Labute approximate surface area is 157 Å². The number of benzene rings is 1. The first-order valence-corrected chi connectivity index (χ1v) is 8.53. The lowest BCUT2D eigenvalue weighted by Gasteiger charge is -2.22. The van der Waals surface area contributed by atoms with Gasteiger partial charge in [-0.3, -0.25) is 24.0 Å². The van der Waals surface area contributed by atoms with Crippen molar-refractivity contribution in [2.75, 3.05) is 0 Å². The molecule has 1 aromatic rings. The van der Waals surface area contributed by atoms with E-state index >= 15 is 0 Å². The highest BCUT2D eigenvalue weighted by Crippen LogP contribution is 2.16. The number of hydrogen-bond donors (Lipinski definition) is 4. The fourth-order valence-electron chi connectivity index (χ4n) is 2.35. The second kappa shape index (κ2) is 10.9. The first-order chi connectivity index (χ1) is 12.7. The van der Waals surface area contributed by atoms with Crippen molar-refractivity contribution in [1.82, 2.24) is 10.8 Å². The summed E-state index contributed by atoms with van der Waals surface area (Å²) in [7, 11) is 0. The van der Waals surface area contributed by atoms with Gasteiger partial charge in [-0.05, 0) is 11.5 Å². The highest BCUT2D eigenvalue weighted by Gasteiger charge is 2.29. The quantitative estimate of drug-likeness (QED) is 0.391. The molecule has 0 aliphatic rings. The lowest BCUT2D eigenvalue weighted by atomic mass is 9.91. The van der Waals surface area contributed by atoms with Gasteiger partial charge in [0.2, 0.25) is 23.6 Å². The molecule has 0 saturated heterocycles. The summed E-state index contributed by atoms with van der Waals surface area (Å²) in [5, 5.41) is 2.38. The summed E-state index contributed by atoms with van der Waals surface area (Å²) in [6.07, 6.45) is -0.557. The minimum Gasteiger partial charge on any atom is -0.370 e. The van der Waals surface area contributed by atoms with Crippen molar-refractivity contribution in [3.05, 3.63) is 35.9 Å². The Morgan fingerprint density at radius 2 is 1.67 bits per heavy atom. The van der Waals surface area contributed by atoms with Crippen LogP contribution in [-0.4, -0.2) is 29.7 Å². The largest absolute Gasteiger partial charge is 0.370 e. The first kappa shape index (κ1) is 22.1. The Morgan fingerprint density at radius 3 is 2.19 bits per heavy atom. The molecule has 0 heterocycles. The minimum absolute atomic E-state index is 0.152. The van der Waals surface area contributed by atoms with E-state index in [2.05, 4.69) is 10.8 Å². The topological polar surface area (TPSA) is 154 Å². The molecule has 1 rings (SSSR count). The smallest absolute Gasteiger partial charge is 0.244 e. The van der Waals surface area contributed by atoms with E-state index in [0.29, 0.717) is 0 Å². The lowest BCUT2D eigenvalue weighted by molar-refractivity contribution is -0.140. The number of nitrogens with two attached hydrogens (primary N) is 2. The van der Waals surface area contributed by atoms with E-state index in [0.717, 1.165) is 5.56 Å². The molecule has 0 radical (unpaired) electrons. The molecule has 6 N–H and O–H groups in total. The summed E-state index contributed by atoms with van der Waals surface area (Å²) in [5.74, 6) is -3.63. The monoisotopic (exact) mass is 378 g/mol. The van der Waals surface area contributed by atoms with Gasteiger partial charge in [-0.15, -0.1) is 0 Å². The average molecular weight is 378 g/mol. The summed E-state index contributed by atoms with van der Waals surface area (Å²) in [5.41, 5.74) is 13.4. The number of hydroxylamine groups is 1. The third kappa shape index (κ3) is 8.32. The number of rotatable bonds is 11. The summed E-state index contributed by atoms with van der Waals surface area (Å²) >= 11 is 0. The maximum absolute atomic E-state index is 12.4. The van der Waals surface area contributed by atoms with Crippen LogP contribution in [0.15, 0.2) is 30.3 Å². The van der Waals surface area contributed by atoms with Crippen LogP contribution in [0.4, 0.5) is 0 Å². The summed E-state index contributed by atoms with van der Waals surface area (Å²) in [6.45, 7) is 3.71.